The molecule has 20 heavy (non-hydrogen) atoms. The van der Waals surface area contributed by atoms with Crippen molar-refractivity contribution in [2.24, 2.45) is 0 Å². The fraction of sp³-hybridized carbons (Fsp3) is 0.500. The Balaban J connectivity index is 2.51. The van der Waals surface area contributed by atoms with Crippen molar-refractivity contribution in [3.63, 3.8) is 0 Å². The zero-order valence-electron chi connectivity index (χ0n) is 11.6. The predicted octanol–water partition coefficient (Wildman–Crippen LogP) is 4.23. The van der Waals surface area contributed by atoms with Crippen LogP contribution in [-0.2, 0) is 11.2 Å². The van der Waals surface area contributed by atoms with E-state index in [9.17, 15) is 18.0 Å². The summed E-state index contributed by atoms with van der Waals surface area (Å²) in [5.41, 5.74) is 0.680. The molecular weight excluding hydrogens is 289 g/mol. The van der Waals surface area contributed by atoms with Gasteiger partial charge in [0.2, 0.25) is 0 Å². The molecule has 0 atom stereocenters. The van der Waals surface area contributed by atoms with Crippen LogP contribution in [0.3, 0.4) is 0 Å². The number of alkyl halides is 3. The van der Waals surface area contributed by atoms with Crippen LogP contribution in [-0.4, -0.2) is 22.6 Å². The summed E-state index contributed by atoms with van der Waals surface area (Å²) in [5.74, 6) is 0.164. The lowest BCUT2D eigenvalue weighted by molar-refractivity contribution is -0.274. The van der Waals surface area contributed by atoms with Gasteiger partial charge in [-0.25, -0.2) is 0 Å². The Morgan fingerprint density at radius 1 is 1.15 bits per heavy atom. The molecule has 0 bridgehead atoms. The SMILES string of the molecule is CC(C)(C)SCC(=O)Cc1ccc(OC(F)(F)F)cc1. The third-order valence-electron chi connectivity index (χ3n) is 2.22. The molecule has 112 valence electrons. The average Bonchev–Trinajstić information content (AvgIpc) is 2.26. The van der Waals surface area contributed by atoms with Gasteiger partial charge in [-0.05, 0) is 17.7 Å². The van der Waals surface area contributed by atoms with Crippen LogP contribution in [0.2, 0.25) is 0 Å². The highest BCUT2D eigenvalue weighted by Crippen LogP contribution is 2.24. The number of ether oxygens (including phenoxy) is 1. The van der Waals surface area contributed by atoms with E-state index in [4.69, 9.17) is 0 Å². The van der Waals surface area contributed by atoms with Crippen LogP contribution in [0.25, 0.3) is 0 Å². The molecule has 0 saturated carbocycles. The number of benzene rings is 1. The summed E-state index contributed by atoms with van der Waals surface area (Å²) < 4.78 is 39.7. The molecule has 0 saturated heterocycles. The summed E-state index contributed by atoms with van der Waals surface area (Å²) in [7, 11) is 0. The molecule has 1 aromatic rings. The highest BCUT2D eigenvalue weighted by Gasteiger charge is 2.30. The Bertz CT molecular complexity index is 447. The number of hydrogen-bond donors (Lipinski definition) is 0. The van der Waals surface area contributed by atoms with E-state index in [1.807, 2.05) is 20.8 Å². The van der Waals surface area contributed by atoms with Gasteiger partial charge >= 0.3 is 6.36 Å². The van der Waals surface area contributed by atoms with E-state index >= 15 is 0 Å². The highest BCUT2D eigenvalue weighted by molar-refractivity contribution is 8.01. The number of halogens is 3. The molecule has 0 aromatic heterocycles. The van der Waals surface area contributed by atoms with E-state index in [0.717, 1.165) is 0 Å². The average molecular weight is 306 g/mol. The molecule has 0 fully saturated rings. The van der Waals surface area contributed by atoms with Crippen LogP contribution in [0, 0.1) is 0 Å². The molecule has 0 amide bonds. The van der Waals surface area contributed by atoms with Crippen molar-refractivity contribution in [1.29, 1.82) is 0 Å². The van der Waals surface area contributed by atoms with Crippen molar-refractivity contribution < 1.29 is 22.7 Å². The summed E-state index contributed by atoms with van der Waals surface area (Å²) in [6.45, 7) is 6.07. The lowest BCUT2D eigenvalue weighted by Gasteiger charge is -2.16. The first-order chi connectivity index (χ1) is 9.05. The molecule has 0 aliphatic heterocycles. The maximum atomic E-state index is 12.0. The van der Waals surface area contributed by atoms with Crippen molar-refractivity contribution in [2.45, 2.75) is 38.3 Å². The van der Waals surface area contributed by atoms with Crippen LogP contribution in [0.4, 0.5) is 13.2 Å². The van der Waals surface area contributed by atoms with Gasteiger partial charge in [0, 0.05) is 11.2 Å². The molecule has 0 heterocycles. The van der Waals surface area contributed by atoms with Crippen LogP contribution < -0.4 is 4.74 Å². The number of carbonyl (C=O) groups excluding carboxylic acids is 1. The van der Waals surface area contributed by atoms with Gasteiger partial charge in [0.25, 0.3) is 0 Å². The first-order valence-corrected chi connectivity index (χ1v) is 7.04. The molecule has 0 radical (unpaired) electrons. The monoisotopic (exact) mass is 306 g/mol. The van der Waals surface area contributed by atoms with Crippen LogP contribution >= 0.6 is 11.8 Å². The second kappa shape index (κ2) is 6.52. The molecule has 2 nitrogen and oxygen atoms in total. The van der Waals surface area contributed by atoms with E-state index in [1.165, 1.54) is 24.3 Å². The number of carbonyl (C=O) groups is 1. The summed E-state index contributed by atoms with van der Waals surface area (Å²) >= 11 is 1.55. The molecule has 0 spiro atoms. The minimum Gasteiger partial charge on any atom is -0.406 e. The smallest absolute Gasteiger partial charge is 0.406 e. The highest BCUT2D eigenvalue weighted by atomic mass is 32.2. The number of Topliss-reactive ketones (excluding diaryl/α,β-unsaturated/α-hetero) is 1. The normalized spacial score (nSPS) is 12.3. The third kappa shape index (κ3) is 7.43. The van der Waals surface area contributed by atoms with Crippen molar-refractivity contribution in [3.05, 3.63) is 29.8 Å². The van der Waals surface area contributed by atoms with Gasteiger partial charge < -0.3 is 4.74 Å². The van der Waals surface area contributed by atoms with Gasteiger partial charge in [0.05, 0.1) is 5.75 Å². The summed E-state index contributed by atoms with van der Waals surface area (Å²) in [4.78, 5) is 11.7. The number of rotatable bonds is 5. The van der Waals surface area contributed by atoms with Gasteiger partial charge in [-0.15, -0.1) is 24.9 Å². The molecule has 1 aromatic carbocycles. The van der Waals surface area contributed by atoms with Crippen LogP contribution in [0.15, 0.2) is 24.3 Å². The van der Waals surface area contributed by atoms with Gasteiger partial charge in [-0.3, -0.25) is 4.79 Å². The standard InChI is InChI=1S/C14H17F3O2S/c1-13(2,3)20-9-11(18)8-10-4-6-12(7-5-10)19-14(15,16)17/h4-7H,8-9H2,1-3H3. The zero-order valence-corrected chi connectivity index (χ0v) is 12.4. The lowest BCUT2D eigenvalue weighted by Crippen LogP contribution is -2.17. The molecule has 0 unspecified atom stereocenters. The second-order valence-electron chi connectivity index (χ2n) is 5.31. The topological polar surface area (TPSA) is 26.3 Å². The second-order valence-corrected chi connectivity index (χ2v) is 7.11. The van der Waals surface area contributed by atoms with Crippen LogP contribution in [0.5, 0.6) is 5.75 Å². The zero-order chi connectivity index (χ0) is 15.4. The fourth-order valence-electron chi connectivity index (χ4n) is 1.38. The third-order valence-corrected chi connectivity index (χ3v) is 3.56. The maximum absolute atomic E-state index is 12.0. The molecular formula is C14H17F3O2S. The van der Waals surface area contributed by atoms with Gasteiger partial charge in [0.1, 0.15) is 11.5 Å². The predicted molar refractivity (Wildman–Crippen MR) is 74.0 cm³/mol. The Morgan fingerprint density at radius 3 is 2.15 bits per heavy atom. The van der Waals surface area contributed by atoms with E-state index < -0.39 is 6.36 Å². The first-order valence-electron chi connectivity index (χ1n) is 6.05. The van der Waals surface area contributed by atoms with Crippen molar-refractivity contribution in [3.8, 4) is 5.75 Å². The van der Waals surface area contributed by atoms with E-state index in [1.54, 1.807) is 11.8 Å². The molecule has 6 heteroatoms. The van der Waals surface area contributed by atoms with Gasteiger partial charge in [-0.2, -0.15) is 0 Å². The minimum absolute atomic E-state index is 0.0140. The Kier molecular flexibility index (Phi) is 5.50. The van der Waals surface area contributed by atoms with Gasteiger partial charge in [-0.1, -0.05) is 32.9 Å². The van der Waals surface area contributed by atoms with Crippen molar-refractivity contribution in [2.75, 3.05) is 5.75 Å². The van der Waals surface area contributed by atoms with Crippen molar-refractivity contribution in [1.82, 2.24) is 0 Å². The quantitative estimate of drug-likeness (QED) is 0.814. The minimum atomic E-state index is -4.69. The summed E-state index contributed by atoms with van der Waals surface area (Å²) in [5, 5.41) is 0. The molecule has 0 N–H and O–H groups in total. The number of thioether (sulfide) groups is 1. The summed E-state index contributed by atoms with van der Waals surface area (Å²) in [6, 6.07) is 5.38. The van der Waals surface area contributed by atoms with Crippen molar-refractivity contribution >= 4 is 17.5 Å². The molecule has 0 aliphatic carbocycles. The van der Waals surface area contributed by atoms with Crippen LogP contribution in [0.1, 0.15) is 26.3 Å². The largest absolute Gasteiger partial charge is 0.573 e. The maximum Gasteiger partial charge on any atom is 0.573 e. The Morgan fingerprint density at radius 2 is 1.70 bits per heavy atom. The fourth-order valence-corrected chi connectivity index (χ4v) is 2.08. The van der Waals surface area contributed by atoms with E-state index in [0.29, 0.717) is 11.3 Å². The Labute approximate surface area is 120 Å². The van der Waals surface area contributed by atoms with Gasteiger partial charge in [0.15, 0.2) is 0 Å². The first kappa shape index (κ1) is 16.9. The van der Waals surface area contributed by atoms with E-state index in [-0.39, 0.29) is 22.7 Å². The van der Waals surface area contributed by atoms with E-state index in [2.05, 4.69) is 4.74 Å². The Hall–Kier alpha value is -1.17. The lowest BCUT2D eigenvalue weighted by atomic mass is 10.1. The molecule has 0 aliphatic rings. The number of hydrogen-bond acceptors (Lipinski definition) is 3. The number of ketones is 1. The summed E-state index contributed by atoms with van der Waals surface area (Å²) in [6.07, 6.45) is -4.48. The molecule has 1 rings (SSSR count).